The maximum atomic E-state index is 11.6. The van der Waals surface area contributed by atoms with Crippen molar-refractivity contribution in [2.45, 2.75) is 97.3 Å². The Morgan fingerprint density at radius 3 is 1.76 bits per heavy atom. The van der Waals surface area contributed by atoms with E-state index in [0.717, 1.165) is 25.7 Å². The maximum Gasteiger partial charge on any atom is 0.306 e. The summed E-state index contributed by atoms with van der Waals surface area (Å²) in [7, 11) is 0. The standard InChI is InChI=1S/C21H38O4/c1-3-5-7-9-10-11-12-13-15-19-25-21(23)17-16-20(22)24-18-14-8-6-4-2/h6,8H,3-5,7,9-19H2,1-2H3/b8-6-. The van der Waals surface area contributed by atoms with E-state index in [1.165, 1.54) is 44.9 Å². The highest BCUT2D eigenvalue weighted by molar-refractivity contribution is 5.77. The Morgan fingerprint density at radius 1 is 0.680 bits per heavy atom. The summed E-state index contributed by atoms with van der Waals surface area (Å²) in [6.45, 7) is 5.13. The van der Waals surface area contributed by atoms with Crippen molar-refractivity contribution in [3.8, 4) is 0 Å². The molecule has 0 saturated heterocycles. The molecule has 146 valence electrons. The van der Waals surface area contributed by atoms with Crippen LogP contribution in [0.5, 0.6) is 0 Å². The molecule has 0 atom stereocenters. The first-order valence-corrected chi connectivity index (χ1v) is 10.2. The zero-order valence-electron chi connectivity index (χ0n) is 16.4. The van der Waals surface area contributed by atoms with Gasteiger partial charge in [-0.05, 0) is 19.3 Å². The van der Waals surface area contributed by atoms with Gasteiger partial charge in [0.1, 0.15) is 0 Å². The van der Waals surface area contributed by atoms with Gasteiger partial charge < -0.3 is 9.47 Å². The third-order valence-corrected chi connectivity index (χ3v) is 3.99. The van der Waals surface area contributed by atoms with Gasteiger partial charge in [-0.25, -0.2) is 0 Å². The number of esters is 2. The third kappa shape index (κ3) is 18.9. The van der Waals surface area contributed by atoms with Crippen molar-refractivity contribution < 1.29 is 19.1 Å². The number of carbonyl (C=O) groups excluding carboxylic acids is 2. The molecule has 0 radical (unpaired) electrons. The van der Waals surface area contributed by atoms with Crippen LogP contribution in [0.2, 0.25) is 0 Å². The zero-order valence-corrected chi connectivity index (χ0v) is 16.4. The van der Waals surface area contributed by atoms with E-state index in [4.69, 9.17) is 9.47 Å². The van der Waals surface area contributed by atoms with Gasteiger partial charge >= 0.3 is 11.9 Å². The highest BCUT2D eigenvalue weighted by Crippen LogP contribution is 2.09. The number of hydrogen-bond donors (Lipinski definition) is 0. The van der Waals surface area contributed by atoms with E-state index in [-0.39, 0.29) is 24.8 Å². The number of ether oxygens (including phenoxy) is 2. The molecule has 0 aliphatic carbocycles. The molecule has 0 aliphatic rings. The Hall–Kier alpha value is -1.32. The van der Waals surface area contributed by atoms with Crippen LogP contribution in [-0.2, 0) is 19.1 Å². The van der Waals surface area contributed by atoms with Crippen LogP contribution < -0.4 is 0 Å². The molecule has 0 aliphatic heterocycles. The van der Waals surface area contributed by atoms with Crippen LogP contribution in [0.1, 0.15) is 97.3 Å². The Kier molecular flexibility index (Phi) is 18.0. The van der Waals surface area contributed by atoms with Gasteiger partial charge in [0.15, 0.2) is 0 Å². The van der Waals surface area contributed by atoms with Gasteiger partial charge in [0, 0.05) is 0 Å². The molecular formula is C21H38O4. The van der Waals surface area contributed by atoms with Gasteiger partial charge in [-0.1, -0.05) is 77.4 Å². The van der Waals surface area contributed by atoms with Crippen LogP contribution in [0.25, 0.3) is 0 Å². The van der Waals surface area contributed by atoms with Gasteiger partial charge in [-0.15, -0.1) is 0 Å². The molecule has 0 aromatic rings. The third-order valence-electron chi connectivity index (χ3n) is 3.99. The quantitative estimate of drug-likeness (QED) is 0.190. The van der Waals surface area contributed by atoms with E-state index in [1.807, 2.05) is 12.2 Å². The zero-order chi connectivity index (χ0) is 18.6. The van der Waals surface area contributed by atoms with E-state index in [0.29, 0.717) is 13.2 Å². The lowest BCUT2D eigenvalue weighted by Crippen LogP contribution is -2.11. The molecule has 0 fully saturated rings. The minimum Gasteiger partial charge on any atom is -0.466 e. The van der Waals surface area contributed by atoms with E-state index < -0.39 is 0 Å². The van der Waals surface area contributed by atoms with Crippen molar-refractivity contribution in [2.75, 3.05) is 13.2 Å². The van der Waals surface area contributed by atoms with Gasteiger partial charge in [-0.2, -0.15) is 0 Å². The first-order valence-electron chi connectivity index (χ1n) is 10.2. The summed E-state index contributed by atoms with van der Waals surface area (Å²) in [5.41, 5.74) is 0. The van der Waals surface area contributed by atoms with Crippen molar-refractivity contribution in [2.24, 2.45) is 0 Å². The van der Waals surface area contributed by atoms with Crippen molar-refractivity contribution in [1.82, 2.24) is 0 Å². The number of hydrogen-bond acceptors (Lipinski definition) is 4. The topological polar surface area (TPSA) is 52.6 Å². The van der Waals surface area contributed by atoms with Crippen molar-refractivity contribution >= 4 is 11.9 Å². The van der Waals surface area contributed by atoms with Crippen LogP contribution in [0.4, 0.5) is 0 Å². The molecule has 4 heteroatoms. The largest absolute Gasteiger partial charge is 0.466 e. The Balaban J connectivity index is 3.35. The summed E-state index contributed by atoms with van der Waals surface area (Å²) in [5.74, 6) is -0.632. The Bertz CT molecular complexity index is 350. The molecule has 0 amide bonds. The van der Waals surface area contributed by atoms with Crippen LogP contribution in [0.15, 0.2) is 12.2 Å². The van der Waals surface area contributed by atoms with Crippen LogP contribution in [0.3, 0.4) is 0 Å². The molecule has 0 rings (SSSR count). The normalized spacial score (nSPS) is 11.0. The minimum absolute atomic E-state index is 0.105. The molecule has 4 nitrogen and oxygen atoms in total. The molecule has 0 aromatic heterocycles. The minimum atomic E-state index is -0.329. The van der Waals surface area contributed by atoms with E-state index in [2.05, 4.69) is 13.8 Å². The SMILES string of the molecule is CC/C=C\CCOC(=O)CCC(=O)OCCCCCCCCCCC. The second kappa shape index (κ2) is 19.0. The van der Waals surface area contributed by atoms with Gasteiger partial charge in [0.2, 0.25) is 0 Å². The molecule has 0 aromatic carbocycles. The summed E-state index contributed by atoms with van der Waals surface area (Å²) in [4.78, 5) is 23.0. The van der Waals surface area contributed by atoms with Crippen LogP contribution in [0, 0.1) is 0 Å². The summed E-state index contributed by atoms with van der Waals surface area (Å²) in [5, 5.41) is 0. The van der Waals surface area contributed by atoms with E-state index in [1.54, 1.807) is 0 Å². The van der Waals surface area contributed by atoms with Crippen molar-refractivity contribution in [1.29, 1.82) is 0 Å². The van der Waals surface area contributed by atoms with E-state index >= 15 is 0 Å². The number of rotatable bonds is 17. The molecule has 0 N–H and O–H groups in total. The fourth-order valence-corrected chi connectivity index (χ4v) is 2.47. The smallest absolute Gasteiger partial charge is 0.306 e. The molecule has 0 unspecified atom stereocenters. The molecule has 25 heavy (non-hydrogen) atoms. The molecule has 0 heterocycles. The monoisotopic (exact) mass is 354 g/mol. The molecular weight excluding hydrogens is 316 g/mol. The summed E-state index contributed by atoms with van der Waals surface area (Å²) >= 11 is 0. The summed E-state index contributed by atoms with van der Waals surface area (Å²) in [6.07, 6.45) is 17.1. The van der Waals surface area contributed by atoms with Gasteiger partial charge in [0.05, 0.1) is 26.1 Å². The van der Waals surface area contributed by atoms with E-state index in [9.17, 15) is 9.59 Å². The second-order valence-electron chi connectivity index (χ2n) is 6.44. The van der Waals surface area contributed by atoms with Crippen LogP contribution >= 0.6 is 0 Å². The number of allylic oxidation sites excluding steroid dienone is 1. The predicted octanol–water partition coefficient (Wildman–Crippen LogP) is 5.74. The average Bonchev–Trinajstić information content (AvgIpc) is 2.61. The Labute approximate surface area is 154 Å². The maximum absolute atomic E-state index is 11.6. The lowest BCUT2D eigenvalue weighted by molar-refractivity contribution is -0.150. The predicted molar refractivity (Wildman–Crippen MR) is 102 cm³/mol. The van der Waals surface area contributed by atoms with Gasteiger partial charge in [0.25, 0.3) is 0 Å². The molecule has 0 bridgehead atoms. The molecule has 0 saturated carbocycles. The Morgan fingerprint density at radius 2 is 1.20 bits per heavy atom. The second-order valence-corrected chi connectivity index (χ2v) is 6.44. The summed E-state index contributed by atoms with van der Waals surface area (Å²) < 4.78 is 10.2. The van der Waals surface area contributed by atoms with Crippen molar-refractivity contribution in [3.63, 3.8) is 0 Å². The highest BCUT2D eigenvalue weighted by Gasteiger charge is 2.08. The fraction of sp³-hybridized carbons (Fsp3) is 0.810. The first kappa shape index (κ1) is 23.7. The number of unbranched alkanes of at least 4 members (excludes halogenated alkanes) is 8. The van der Waals surface area contributed by atoms with Crippen molar-refractivity contribution in [3.05, 3.63) is 12.2 Å². The lowest BCUT2D eigenvalue weighted by Gasteiger charge is -2.05. The highest BCUT2D eigenvalue weighted by atomic mass is 16.5. The first-order chi connectivity index (χ1) is 12.2. The van der Waals surface area contributed by atoms with Gasteiger partial charge in [-0.3, -0.25) is 9.59 Å². The van der Waals surface area contributed by atoms with Crippen LogP contribution in [-0.4, -0.2) is 25.2 Å². The lowest BCUT2D eigenvalue weighted by atomic mass is 10.1. The molecule has 0 spiro atoms. The fourth-order valence-electron chi connectivity index (χ4n) is 2.47. The summed E-state index contributed by atoms with van der Waals surface area (Å²) in [6, 6.07) is 0. The number of carbonyl (C=O) groups is 2. The average molecular weight is 355 g/mol.